The summed E-state index contributed by atoms with van der Waals surface area (Å²) in [6.45, 7) is 2.08. The number of benzene rings is 1. The molecule has 0 saturated carbocycles. The molecule has 110 valence electrons. The molecular formula is C13H10F2N2O3S. The highest BCUT2D eigenvalue weighted by atomic mass is 32.1. The van der Waals surface area contributed by atoms with Gasteiger partial charge in [-0.25, -0.2) is 4.39 Å². The first-order valence-electron chi connectivity index (χ1n) is 5.85. The molecule has 0 spiro atoms. The zero-order chi connectivity index (χ0) is 15.6. The van der Waals surface area contributed by atoms with E-state index in [0.29, 0.717) is 12.1 Å². The Morgan fingerprint density at radius 1 is 1.33 bits per heavy atom. The molecule has 0 fully saturated rings. The van der Waals surface area contributed by atoms with Crippen LogP contribution < -0.4 is 5.32 Å². The van der Waals surface area contributed by atoms with Crippen molar-refractivity contribution in [3.8, 4) is 0 Å². The number of thiophene rings is 1. The van der Waals surface area contributed by atoms with Gasteiger partial charge in [-0.15, -0.1) is 11.3 Å². The van der Waals surface area contributed by atoms with Gasteiger partial charge in [-0.05, 0) is 25.1 Å². The van der Waals surface area contributed by atoms with Crippen molar-refractivity contribution in [2.24, 2.45) is 0 Å². The van der Waals surface area contributed by atoms with Gasteiger partial charge in [0.1, 0.15) is 5.82 Å². The lowest BCUT2D eigenvalue weighted by atomic mass is 10.1. The van der Waals surface area contributed by atoms with Crippen molar-refractivity contribution in [3.05, 3.63) is 61.3 Å². The Hall–Kier alpha value is -2.35. The predicted octanol–water partition coefficient (Wildman–Crippen LogP) is 3.17. The summed E-state index contributed by atoms with van der Waals surface area (Å²) in [5.41, 5.74) is -1.57. The Bertz CT molecular complexity index is 715. The topological polar surface area (TPSA) is 72.2 Å². The Morgan fingerprint density at radius 2 is 2.05 bits per heavy atom. The third-order valence-corrected chi connectivity index (χ3v) is 3.70. The van der Waals surface area contributed by atoms with E-state index in [-0.39, 0.29) is 6.54 Å². The van der Waals surface area contributed by atoms with Gasteiger partial charge in [0.2, 0.25) is 5.82 Å². The number of carbonyl (C=O) groups excluding carboxylic acids is 1. The Balaban J connectivity index is 2.15. The summed E-state index contributed by atoms with van der Waals surface area (Å²) in [5, 5.41) is 12.9. The van der Waals surface area contributed by atoms with Gasteiger partial charge in [-0.3, -0.25) is 14.9 Å². The Labute approximate surface area is 122 Å². The molecule has 1 N–H and O–H groups in total. The van der Waals surface area contributed by atoms with Crippen LogP contribution in [0.25, 0.3) is 0 Å². The van der Waals surface area contributed by atoms with E-state index in [0.717, 1.165) is 9.75 Å². The van der Waals surface area contributed by atoms with E-state index in [2.05, 4.69) is 5.32 Å². The second kappa shape index (κ2) is 5.96. The zero-order valence-corrected chi connectivity index (χ0v) is 11.7. The molecule has 2 rings (SSSR count). The minimum atomic E-state index is -1.25. The minimum Gasteiger partial charge on any atom is -0.347 e. The van der Waals surface area contributed by atoms with Crippen LogP contribution in [-0.2, 0) is 6.54 Å². The van der Waals surface area contributed by atoms with Crippen LogP contribution in [-0.4, -0.2) is 10.8 Å². The SMILES string of the molecule is Cc1ccc(CNC(=O)c2cc(F)c([N+](=O)[O-])cc2F)s1. The van der Waals surface area contributed by atoms with Gasteiger partial charge >= 0.3 is 5.69 Å². The van der Waals surface area contributed by atoms with Crippen LogP contribution in [0.3, 0.4) is 0 Å². The number of halogens is 2. The second-order valence-corrected chi connectivity index (χ2v) is 5.61. The van der Waals surface area contributed by atoms with E-state index < -0.39 is 33.7 Å². The van der Waals surface area contributed by atoms with Crippen LogP contribution in [0.15, 0.2) is 24.3 Å². The third kappa shape index (κ3) is 3.40. The van der Waals surface area contributed by atoms with Crippen LogP contribution in [0, 0.1) is 28.7 Å². The summed E-state index contributed by atoms with van der Waals surface area (Å²) in [6, 6.07) is 4.62. The van der Waals surface area contributed by atoms with E-state index in [4.69, 9.17) is 0 Å². The molecule has 1 aromatic carbocycles. The summed E-state index contributed by atoms with van der Waals surface area (Å²) in [6.07, 6.45) is 0. The summed E-state index contributed by atoms with van der Waals surface area (Å²) in [4.78, 5) is 23.1. The van der Waals surface area contributed by atoms with Crippen LogP contribution >= 0.6 is 11.3 Å². The molecule has 0 atom stereocenters. The molecule has 0 aliphatic heterocycles. The van der Waals surface area contributed by atoms with Gasteiger partial charge in [0.25, 0.3) is 5.91 Å². The van der Waals surface area contributed by atoms with Crippen molar-refractivity contribution < 1.29 is 18.5 Å². The van der Waals surface area contributed by atoms with Crippen molar-refractivity contribution >= 4 is 22.9 Å². The first-order chi connectivity index (χ1) is 9.88. The number of nitrogens with one attached hydrogen (secondary N) is 1. The molecule has 1 aromatic heterocycles. The number of nitrogens with zero attached hydrogens (tertiary/aromatic N) is 1. The number of amides is 1. The maximum Gasteiger partial charge on any atom is 0.307 e. The molecule has 8 heteroatoms. The summed E-state index contributed by atoms with van der Waals surface area (Å²) in [7, 11) is 0. The fourth-order valence-electron chi connectivity index (χ4n) is 1.69. The fourth-order valence-corrected chi connectivity index (χ4v) is 2.52. The summed E-state index contributed by atoms with van der Waals surface area (Å²) in [5.74, 6) is -3.21. The largest absolute Gasteiger partial charge is 0.347 e. The highest BCUT2D eigenvalue weighted by molar-refractivity contribution is 7.11. The lowest BCUT2D eigenvalue weighted by Gasteiger charge is -2.05. The predicted molar refractivity (Wildman–Crippen MR) is 73.2 cm³/mol. The maximum atomic E-state index is 13.6. The van der Waals surface area contributed by atoms with Gasteiger partial charge < -0.3 is 5.32 Å². The van der Waals surface area contributed by atoms with E-state index in [1.807, 2.05) is 19.1 Å². The number of hydrogen-bond acceptors (Lipinski definition) is 4. The van der Waals surface area contributed by atoms with Gasteiger partial charge in [0, 0.05) is 9.75 Å². The zero-order valence-electron chi connectivity index (χ0n) is 10.9. The van der Waals surface area contributed by atoms with E-state index in [1.165, 1.54) is 11.3 Å². The van der Waals surface area contributed by atoms with Gasteiger partial charge in [0.05, 0.1) is 23.1 Å². The molecule has 0 unspecified atom stereocenters. The number of carbonyl (C=O) groups is 1. The molecule has 0 aliphatic rings. The van der Waals surface area contributed by atoms with E-state index in [9.17, 15) is 23.7 Å². The van der Waals surface area contributed by atoms with Gasteiger partial charge in [0.15, 0.2) is 0 Å². The first-order valence-corrected chi connectivity index (χ1v) is 6.67. The normalized spacial score (nSPS) is 10.4. The molecule has 1 heterocycles. The van der Waals surface area contributed by atoms with Crippen LogP contribution in [0.5, 0.6) is 0 Å². The highest BCUT2D eigenvalue weighted by Crippen LogP contribution is 2.21. The molecule has 1 amide bonds. The standard InChI is InChI=1S/C13H10F2N2O3S/c1-7-2-3-8(21-7)6-16-13(18)9-4-11(15)12(17(19)20)5-10(9)14/h2-5H,6H2,1H3,(H,16,18). The maximum absolute atomic E-state index is 13.6. The average molecular weight is 312 g/mol. The van der Waals surface area contributed by atoms with Crippen molar-refractivity contribution in [3.63, 3.8) is 0 Å². The molecule has 2 aromatic rings. The van der Waals surface area contributed by atoms with E-state index >= 15 is 0 Å². The second-order valence-electron chi connectivity index (χ2n) is 4.24. The summed E-state index contributed by atoms with van der Waals surface area (Å²) >= 11 is 1.47. The fraction of sp³-hybridized carbons (Fsp3) is 0.154. The number of aryl methyl sites for hydroxylation is 1. The quantitative estimate of drug-likeness (QED) is 0.696. The van der Waals surface area contributed by atoms with Gasteiger partial charge in [-0.1, -0.05) is 0 Å². The minimum absolute atomic E-state index is 0.176. The van der Waals surface area contributed by atoms with Crippen LogP contribution in [0.2, 0.25) is 0 Å². The average Bonchev–Trinajstić information content (AvgIpc) is 2.83. The molecule has 0 radical (unpaired) electrons. The van der Waals surface area contributed by atoms with Gasteiger partial charge in [-0.2, -0.15) is 4.39 Å². The van der Waals surface area contributed by atoms with E-state index in [1.54, 1.807) is 0 Å². The first kappa shape index (κ1) is 15.0. The Kier molecular flexibility index (Phi) is 4.27. The Morgan fingerprint density at radius 3 is 2.62 bits per heavy atom. The van der Waals surface area contributed by atoms with Crippen LogP contribution in [0.1, 0.15) is 20.1 Å². The lowest BCUT2D eigenvalue weighted by Crippen LogP contribution is -2.23. The molecular weight excluding hydrogens is 302 g/mol. The van der Waals surface area contributed by atoms with Crippen molar-refractivity contribution in [2.75, 3.05) is 0 Å². The number of nitro benzene ring substituents is 1. The van der Waals surface area contributed by atoms with Crippen molar-refractivity contribution in [2.45, 2.75) is 13.5 Å². The van der Waals surface area contributed by atoms with Crippen molar-refractivity contribution in [1.82, 2.24) is 5.32 Å². The molecule has 0 bridgehead atoms. The molecule has 5 nitrogen and oxygen atoms in total. The third-order valence-electron chi connectivity index (χ3n) is 2.70. The summed E-state index contributed by atoms with van der Waals surface area (Å²) < 4.78 is 27.1. The molecule has 0 aliphatic carbocycles. The number of rotatable bonds is 4. The highest BCUT2D eigenvalue weighted by Gasteiger charge is 2.21. The molecule has 21 heavy (non-hydrogen) atoms. The smallest absolute Gasteiger partial charge is 0.307 e. The number of nitro groups is 1. The number of hydrogen-bond donors (Lipinski definition) is 1. The lowest BCUT2D eigenvalue weighted by molar-refractivity contribution is -0.387. The van der Waals surface area contributed by atoms with Crippen molar-refractivity contribution in [1.29, 1.82) is 0 Å². The molecule has 0 saturated heterocycles. The monoisotopic (exact) mass is 312 g/mol. The van der Waals surface area contributed by atoms with Crippen LogP contribution in [0.4, 0.5) is 14.5 Å².